The van der Waals surface area contributed by atoms with Crippen molar-refractivity contribution in [3.8, 4) is 0 Å². The van der Waals surface area contributed by atoms with E-state index >= 15 is 0 Å². The smallest absolute Gasteiger partial charge is 0.311 e. The SMILES string of the molecule is CNCCCC(=O)NCC1(C(=O)O)CC1. The fourth-order valence-electron chi connectivity index (χ4n) is 1.40. The maximum absolute atomic E-state index is 11.3. The van der Waals surface area contributed by atoms with E-state index in [2.05, 4.69) is 10.6 Å². The summed E-state index contributed by atoms with van der Waals surface area (Å²) in [4.78, 5) is 22.1. The molecule has 0 aromatic heterocycles. The molecule has 1 fully saturated rings. The zero-order valence-electron chi connectivity index (χ0n) is 9.01. The molecule has 1 rings (SSSR count). The van der Waals surface area contributed by atoms with E-state index in [-0.39, 0.29) is 12.5 Å². The van der Waals surface area contributed by atoms with Crippen molar-refractivity contribution in [1.82, 2.24) is 10.6 Å². The molecule has 1 aliphatic rings. The molecule has 0 saturated heterocycles. The average molecular weight is 214 g/mol. The topological polar surface area (TPSA) is 78.4 Å². The van der Waals surface area contributed by atoms with Crippen LogP contribution in [0.3, 0.4) is 0 Å². The van der Waals surface area contributed by atoms with Crippen molar-refractivity contribution in [2.24, 2.45) is 5.41 Å². The van der Waals surface area contributed by atoms with Crippen LogP contribution in [0, 0.1) is 5.41 Å². The second-order valence-corrected chi connectivity index (χ2v) is 4.07. The van der Waals surface area contributed by atoms with Crippen LogP contribution in [0.4, 0.5) is 0 Å². The molecule has 0 aliphatic heterocycles. The van der Waals surface area contributed by atoms with Crippen LogP contribution in [0.5, 0.6) is 0 Å². The van der Waals surface area contributed by atoms with E-state index in [1.165, 1.54) is 0 Å². The molecule has 1 saturated carbocycles. The summed E-state index contributed by atoms with van der Waals surface area (Å²) in [5.41, 5.74) is -0.654. The Hall–Kier alpha value is -1.10. The summed E-state index contributed by atoms with van der Waals surface area (Å²) in [6.45, 7) is 1.08. The Kier molecular flexibility index (Phi) is 4.08. The minimum absolute atomic E-state index is 0.0576. The summed E-state index contributed by atoms with van der Waals surface area (Å²) in [6.07, 6.45) is 2.59. The van der Waals surface area contributed by atoms with Gasteiger partial charge in [-0.25, -0.2) is 0 Å². The van der Waals surface area contributed by atoms with Crippen LogP contribution in [-0.4, -0.2) is 37.1 Å². The average Bonchev–Trinajstić information content (AvgIpc) is 2.96. The molecule has 0 bridgehead atoms. The summed E-state index contributed by atoms with van der Waals surface area (Å²) in [5, 5.41) is 14.5. The number of carboxylic acids is 1. The van der Waals surface area contributed by atoms with E-state index in [9.17, 15) is 9.59 Å². The Balaban J connectivity index is 2.14. The predicted molar refractivity (Wildman–Crippen MR) is 55.5 cm³/mol. The highest BCUT2D eigenvalue weighted by molar-refractivity contribution is 5.80. The quantitative estimate of drug-likeness (QED) is 0.520. The molecule has 1 aliphatic carbocycles. The third-order valence-corrected chi connectivity index (χ3v) is 2.76. The molecule has 0 heterocycles. The highest BCUT2D eigenvalue weighted by atomic mass is 16.4. The van der Waals surface area contributed by atoms with E-state index < -0.39 is 11.4 Å². The highest BCUT2D eigenvalue weighted by Gasteiger charge is 2.50. The number of hydrogen-bond acceptors (Lipinski definition) is 3. The molecule has 0 unspecified atom stereocenters. The van der Waals surface area contributed by atoms with Crippen molar-refractivity contribution in [2.75, 3.05) is 20.1 Å². The number of hydrogen-bond donors (Lipinski definition) is 3. The van der Waals surface area contributed by atoms with Crippen LogP contribution in [0.25, 0.3) is 0 Å². The van der Waals surface area contributed by atoms with Gasteiger partial charge in [-0.15, -0.1) is 0 Å². The maximum Gasteiger partial charge on any atom is 0.311 e. The largest absolute Gasteiger partial charge is 0.481 e. The van der Waals surface area contributed by atoms with Crippen molar-refractivity contribution in [2.45, 2.75) is 25.7 Å². The fourth-order valence-corrected chi connectivity index (χ4v) is 1.40. The van der Waals surface area contributed by atoms with Crippen LogP contribution in [-0.2, 0) is 9.59 Å². The third kappa shape index (κ3) is 3.51. The van der Waals surface area contributed by atoms with E-state index in [0.29, 0.717) is 19.3 Å². The maximum atomic E-state index is 11.3. The van der Waals surface area contributed by atoms with E-state index in [1.54, 1.807) is 0 Å². The Morgan fingerprint density at radius 1 is 1.40 bits per heavy atom. The first-order chi connectivity index (χ1) is 7.10. The minimum Gasteiger partial charge on any atom is -0.481 e. The van der Waals surface area contributed by atoms with Gasteiger partial charge in [0.1, 0.15) is 0 Å². The summed E-state index contributed by atoms with van der Waals surface area (Å²) >= 11 is 0. The lowest BCUT2D eigenvalue weighted by atomic mass is 10.1. The number of carbonyl (C=O) groups excluding carboxylic acids is 1. The second kappa shape index (κ2) is 5.11. The van der Waals surface area contributed by atoms with Gasteiger partial charge in [0.25, 0.3) is 0 Å². The molecule has 15 heavy (non-hydrogen) atoms. The van der Waals surface area contributed by atoms with Gasteiger partial charge in [-0.2, -0.15) is 0 Å². The van der Waals surface area contributed by atoms with Crippen LogP contribution in [0.1, 0.15) is 25.7 Å². The molecule has 0 atom stereocenters. The summed E-state index contributed by atoms with van der Waals surface area (Å²) < 4.78 is 0. The first-order valence-corrected chi connectivity index (χ1v) is 5.25. The van der Waals surface area contributed by atoms with Crippen LogP contribution >= 0.6 is 0 Å². The molecule has 3 N–H and O–H groups in total. The third-order valence-electron chi connectivity index (χ3n) is 2.76. The molecule has 5 heteroatoms. The number of aliphatic carboxylic acids is 1. The molecular weight excluding hydrogens is 196 g/mol. The Labute approximate surface area is 89.2 Å². The number of carbonyl (C=O) groups is 2. The van der Waals surface area contributed by atoms with Gasteiger partial charge >= 0.3 is 5.97 Å². The predicted octanol–water partition coefficient (Wildman–Crippen LogP) is -0.0330. The molecular formula is C10H18N2O3. The summed E-state index contributed by atoms with van der Waals surface area (Å²) in [6, 6.07) is 0. The van der Waals surface area contributed by atoms with Gasteiger partial charge in [0, 0.05) is 13.0 Å². The van der Waals surface area contributed by atoms with Gasteiger partial charge in [0.15, 0.2) is 0 Å². The van der Waals surface area contributed by atoms with Gasteiger partial charge in [-0.1, -0.05) is 0 Å². The van der Waals surface area contributed by atoms with Crippen LogP contribution in [0.15, 0.2) is 0 Å². The van der Waals surface area contributed by atoms with Crippen molar-refractivity contribution in [3.05, 3.63) is 0 Å². The lowest BCUT2D eigenvalue weighted by molar-refractivity contribution is -0.143. The fraction of sp³-hybridized carbons (Fsp3) is 0.800. The minimum atomic E-state index is -0.793. The van der Waals surface area contributed by atoms with Crippen LogP contribution in [0.2, 0.25) is 0 Å². The molecule has 5 nitrogen and oxygen atoms in total. The van der Waals surface area contributed by atoms with E-state index in [0.717, 1.165) is 13.0 Å². The lowest BCUT2D eigenvalue weighted by Crippen LogP contribution is -2.34. The molecule has 0 spiro atoms. The highest BCUT2D eigenvalue weighted by Crippen LogP contribution is 2.45. The first kappa shape index (κ1) is 12.0. The van der Waals surface area contributed by atoms with Crippen molar-refractivity contribution < 1.29 is 14.7 Å². The van der Waals surface area contributed by atoms with Crippen LogP contribution < -0.4 is 10.6 Å². The van der Waals surface area contributed by atoms with Gasteiger partial charge in [-0.3, -0.25) is 9.59 Å². The number of rotatable bonds is 7. The van der Waals surface area contributed by atoms with E-state index in [4.69, 9.17) is 5.11 Å². The Morgan fingerprint density at radius 3 is 2.53 bits per heavy atom. The number of nitrogens with one attached hydrogen (secondary N) is 2. The van der Waals surface area contributed by atoms with Gasteiger partial charge in [-0.05, 0) is 32.9 Å². The zero-order valence-corrected chi connectivity index (χ0v) is 9.01. The molecule has 0 aromatic rings. The zero-order chi connectivity index (χ0) is 11.3. The Morgan fingerprint density at radius 2 is 2.07 bits per heavy atom. The van der Waals surface area contributed by atoms with Crippen molar-refractivity contribution in [1.29, 1.82) is 0 Å². The van der Waals surface area contributed by atoms with Crippen molar-refractivity contribution in [3.63, 3.8) is 0 Å². The standard InChI is InChI=1S/C10H18N2O3/c1-11-6-2-3-8(13)12-7-10(4-5-10)9(14)15/h11H,2-7H2,1H3,(H,12,13)(H,14,15). The normalized spacial score (nSPS) is 17.1. The Bertz CT molecular complexity index is 249. The monoisotopic (exact) mass is 214 g/mol. The molecule has 86 valence electrons. The van der Waals surface area contributed by atoms with E-state index in [1.807, 2.05) is 7.05 Å². The lowest BCUT2D eigenvalue weighted by Gasteiger charge is -2.10. The summed E-state index contributed by atoms with van der Waals surface area (Å²) in [5.74, 6) is -0.851. The molecule has 0 radical (unpaired) electrons. The number of amides is 1. The second-order valence-electron chi connectivity index (χ2n) is 4.07. The number of carboxylic acid groups (broad SMARTS) is 1. The molecule has 0 aromatic carbocycles. The van der Waals surface area contributed by atoms with Gasteiger partial charge in [0.05, 0.1) is 5.41 Å². The summed E-state index contributed by atoms with van der Waals surface area (Å²) in [7, 11) is 1.83. The first-order valence-electron chi connectivity index (χ1n) is 5.25. The van der Waals surface area contributed by atoms with Gasteiger partial charge in [0.2, 0.25) is 5.91 Å². The molecule has 1 amide bonds. The van der Waals surface area contributed by atoms with Gasteiger partial charge < -0.3 is 15.7 Å². The van der Waals surface area contributed by atoms with Crippen molar-refractivity contribution >= 4 is 11.9 Å².